The molecule has 1 heterocycles. The Morgan fingerprint density at radius 2 is 2.18 bits per heavy atom. The Morgan fingerprint density at radius 3 is 2.86 bits per heavy atom. The van der Waals surface area contributed by atoms with Crippen molar-refractivity contribution in [1.82, 2.24) is 4.98 Å². The number of benzene rings is 1. The third-order valence-corrected chi connectivity index (χ3v) is 4.27. The van der Waals surface area contributed by atoms with Gasteiger partial charge in [0.25, 0.3) is 0 Å². The van der Waals surface area contributed by atoms with Gasteiger partial charge in [-0.15, -0.1) is 0 Å². The molecule has 0 amide bonds. The Labute approximate surface area is 126 Å². The molecule has 0 aliphatic heterocycles. The van der Waals surface area contributed by atoms with E-state index < -0.39 is 16.9 Å². The van der Waals surface area contributed by atoms with Gasteiger partial charge in [0.1, 0.15) is 0 Å². The number of nitrogens with zero attached hydrogens (tertiary/aromatic N) is 1. The van der Waals surface area contributed by atoms with Crippen LogP contribution in [0.1, 0.15) is 35.6 Å². The smallest absolute Gasteiger partial charge is 0.386 e. The molecule has 0 bridgehead atoms. The number of ether oxygens (including phenoxy) is 1. The quantitative estimate of drug-likeness (QED) is 0.390. The summed E-state index contributed by atoms with van der Waals surface area (Å²) in [5.41, 5.74) is 9.97. The molecule has 2 aromatic rings. The summed E-state index contributed by atoms with van der Waals surface area (Å²) in [6.07, 6.45) is 5.56. The molecule has 1 atom stereocenters. The second kappa shape index (κ2) is 5.32. The third kappa shape index (κ3) is 2.09. The van der Waals surface area contributed by atoms with Gasteiger partial charge in [-0.3, -0.25) is 10.1 Å². The molecule has 0 fully saturated rings. The molecular formula is C15H17N3O4. The monoisotopic (exact) mass is 303 g/mol. The first-order valence-corrected chi connectivity index (χ1v) is 7.17. The Balaban J connectivity index is 2.24. The molecule has 1 aromatic carbocycles. The van der Waals surface area contributed by atoms with Gasteiger partial charge in [-0.1, -0.05) is 0 Å². The van der Waals surface area contributed by atoms with Crippen LogP contribution in [0.2, 0.25) is 0 Å². The van der Waals surface area contributed by atoms with Crippen LogP contribution in [0.15, 0.2) is 12.3 Å². The van der Waals surface area contributed by atoms with E-state index in [-0.39, 0.29) is 5.56 Å². The lowest BCUT2D eigenvalue weighted by Gasteiger charge is -2.18. The highest BCUT2D eigenvalue weighted by atomic mass is 16.6. The second-order valence-corrected chi connectivity index (χ2v) is 5.52. The number of rotatable bonds is 3. The largest absolute Gasteiger partial charge is 0.464 e. The Morgan fingerprint density at radius 1 is 1.45 bits per heavy atom. The van der Waals surface area contributed by atoms with E-state index in [9.17, 15) is 14.9 Å². The van der Waals surface area contributed by atoms with Crippen molar-refractivity contribution >= 4 is 22.6 Å². The molecule has 22 heavy (non-hydrogen) atoms. The Bertz CT molecular complexity index is 766. The van der Waals surface area contributed by atoms with Crippen LogP contribution in [-0.2, 0) is 22.4 Å². The van der Waals surface area contributed by atoms with Crippen LogP contribution in [0.4, 0.5) is 5.69 Å². The van der Waals surface area contributed by atoms with E-state index in [4.69, 9.17) is 5.73 Å². The summed E-state index contributed by atoms with van der Waals surface area (Å²) in [6.45, 7) is 0. The molecule has 116 valence electrons. The lowest BCUT2D eigenvalue weighted by molar-refractivity contribution is -0.516. The number of carbonyl (C=O) groups is 1. The zero-order chi connectivity index (χ0) is 15.9. The fourth-order valence-electron chi connectivity index (χ4n) is 3.27. The van der Waals surface area contributed by atoms with Crippen LogP contribution in [-0.4, -0.2) is 23.0 Å². The van der Waals surface area contributed by atoms with E-state index in [1.165, 1.54) is 11.8 Å². The minimum atomic E-state index is -1.57. The van der Waals surface area contributed by atoms with E-state index in [1.54, 1.807) is 0 Å². The summed E-state index contributed by atoms with van der Waals surface area (Å²) in [6, 6.07) is 0.310. The molecule has 0 saturated carbocycles. The maximum absolute atomic E-state index is 11.8. The number of carbonyl (C=O) groups excluding carboxylic acids is 1. The van der Waals surface area contributed by atoms with Gasteiger partial charge in [-0.2, -0.15) is 0 Å². The van der Waals surface area contributed by atoms with Gasteiger partial charge in [0.15, 0.2) is 0 Å². The minimum absolute atomic E-state index is 0.262. The number of aromatic nitrogens is 1. The van der Waals surface area contributed by atoms with Crippen LogP contribution in [0.25, 0.3) is 10.9 Å². The zero-order valence-electron chi connectivity index (χ0n) is 12.2. The number of aromatic amines is 1. The van der Waals surface area contributed by atoms with Gasteiger partial charge in [0.05, 0.1) is 18.2 Å². The van der Waals surface area contributed by atoms with Crippen molar-refractivity contribution in [3.05, 3.63) is 39.1 Å². The fourth-order valence-corrected chi connectivity index (χ4v) is 3.27. The normalized spacial score (nSPS) is 15.3. The van der Waals surface area contributed by atoms with E-state index in [1.807, 2.05) is 6.07 Å². The van der Waals surface area contributed by atoms with Gasteiger partial charge in [-0.05, 0) is 42.9 Å². The van der Waals surface area contributed by atoms with Crippen molar-refractivity contribution < 1.29 is 14.5 Å². The standard InChI is InChI=1S/C15H17N3O4/c1-22-15(19)14(18(20)21)10-7-17-13-9-5-3-2-4-8(9)6-11(16)12(10)13/h6-7,14,17H,2-5,16H2,1H3. The van der Waals surface area contributed by atoms with Crippen molar-refractivity contribution in [2.45, 2.75) is 31.7 Å². The zero-order valence-corrected chi connectivity index (χ0v) is 12.2. The van der Waals surface area contributed by atoms with Gasteiger partial charge < -0.3 is 15.5 Å². The molecule has 0 spiro atoms. The fraction of sp³-hybridized carbons (Fsp3) is 0.400. The number of nitrogen functional groups attached to an aromatic ring is 1. The first-order chi connectivity index (χ1) is 10.5. The SMILES string of the molecule is COC(=O)C(c1c[nH]c2c3c(cc(N)c12)CCCC3)[N+](=O)[O-]. The molecule has 7 heteroatoms. The number of nitrogens with one attached hydrogen (secondary N) is 1. The highest BCUT2D eigenvalue weighted by molar-refractivity contribution is 5.99. The number of esters is 1. The van der Waals surface area contributed by atoms with E-state index in [2.05, 4.69) is 9.72 Å². The number of anilines is 1. The number of hydrogen-bond acceptors (Lipinski definition) is 5. The molecule has 1 aromatic heterocycles. The first-order valence-electron chi connectivity index (χ1n) is 7.17. The molecule has 7 nitrogen and oxygen atoms in total. The molecule has 1 aliphatic carbocycles. The molecule has 3 rings (SSSR count). The van der Waals surface area contributed by atoms with Crippen molar-refractivity contribution in [2.75, 3.05) is 12.8 Å². The second-order valence-electron chi connectivity index (χ2n) is 5.52. The Hall–Kier alpha value is -2.57. The number of nitrogens with two attached hydrogens (primary N) is 1. The molecular weight excluding hydrogens is 286 g/mol. The van der Waals surface area contributed by atoms with Crippen molar-refractivity contribution in [3.8, 4) is 0 Å². The van der Waals surface area contributed by atoms with Gasteiger partial charge in [0, 0.05) is 22.2 Å². The van der Waals surface area contributed by atoms with Crippen LogP contribution in [0.5, 0.6) is 0 Å². The first kappa shape index (κ1) is 14.4. The average molecular weight is 303 g/mol. The van der Waals surface area contributed by atoms with Crippen molar-refractivity contribution in [1.29, 1.82) is 0 Å². The maximum atomic E-state index is 11.8. The highest BCUT2D eigenvalue weighted by Gasteiger charge is 2.36. The van der Waals surface area contributed by atoms with Crippen molar-refractivity contribution in [3.63, 3.8) is 0 Å². The van der Waals surface area contributed by atoms with Crippen LogP contribution in [0.3, 0.4) is 0 Å². The lowest BCUT2D eigenvalue weighted by Crippen LogP contribution is -2.22. The summed E-state index contributed by atoms with van der Waals surface area (Å²) in [4.78, 5) is 25.5. The number of H-pyrrole nitrogens is 1. The predicted octanol–water partition coefficient (Wildman–Crippen LogP) is 2.12. The maximum Gasteiger partial charge on any atom is 0.386 e. The van der Waals surface area contributed by atoms with Crippen molar-refractivity contribution in [2.24, 2.45) is 0 Å². The molecule has 0 radical (unpaired) electrons. The van der Waals surface area contributed by atoms with Crippen LogP contribution >= 0.6 is 0 Å². The number of fused-ring (bicyclic) bond motifs is 3. The molecule has 0 saturated heterocycles. The predicted molar refractivity (Wildman–Crippen MR) is 81.1 cm³/mol. The van der Waals surface area contributed by atoms with Gasteiger partial charge >= 0.3 is 12.0 Å². The topological polar surface area (TPSA) is 111 Å². The summed E-state index contributed by atoms with van der Waals surface area (Å²) in [5.74, 6) is -0.900. The summed E-state index contributed by atoms with van der Waals surface area (Å²) >= 11 is 0. The summed E-state index contributed by atoms with van der Waals surface area (Å²) in [7, 11) is 1.14. The van der Waals surface area contributed by atoms with Gasteiger partial charge in [-0.25, -0.2) is 4.79 Å². The lowest BCUT2D eigenvalue weighted by atomic mass is 9.88. The highest BCUT2D eigenvalue weighted by Crippen LogP contribution is 2.37. The number of aryl methyl sites for hydroxylation is 2. The number of hydrogen-bond donors (Lipinski definition) is 2. The van der Waals surface area contributed by atoms with Crippen LogP contribution < -0.4 is 5.73 Å². The Kier molecular flexibility index (Phi) is 3.48. The molecule has 1 aliphatic rings. The summed E-state index contributed by atoms with van der Waals surface area (Å²) in [5, 5.41) is 11.9. The van der Waals surface area contributed by atoms with E-state index in [0.717, 1.165) is 43.9 Å². The number of methoxy groups -OCH3 is 1. The third-order valence-electron chi connectivity index (χ3n) is 4.27. The van der Waals surface area contributed by atoms with E-state index >= 15 is 0 Å². The molecule has 1 unspecified atom stereocenters. The summed E-state index contributed by atoms with van der Waals surface area (Å²) < 4.78 is 4.56. The molecule has 3 N–H and O–H groups in total. The average Bonchev–Trinajstić information content (AvgIpc) is 2.92. The van der Waals surface area contributed by atoms with Gasteiger partial charge in [0.2, 0.25) is 0 Å². The minimum Gasteiger partial charge on any atom is -0.464 e. The van der Waals surface area contributed by atoms with E-state index in [0.29, 0.717) is 11.1 Å². The van der Waals surface area contributed by atoms with Crippen LogP contribution in [0, 0.1) is 10.1 Å². The number of nitro groups is 1.